The van der Waals surface area contributed by atoms with Crippen LogP contribution in [-0.4, -0.2) is 30.8 Å². The fourth-order valence-electron chi connectivity index (χ4n) is 4.74. The van der Waals surface area contributed by atoms with E-state index in [-0.39, 0.29) is 11.8 Å². The quantitative estimate of drug-likeness (QED) is 0.0598. The average Bonchev–Trinajstić information content (AvgIpc) is 2.77. The van der Waals surface area contributed by atoms with Crippen LogP contribution in [0.2, 0.25) is 0 Å². The zero-order valence-electron chi connectivity index (χ0n) is 23.1. The monoisotopic (exact) mass is 504 g/mol. The molecule has 0 aliphatic heterocycles. The number of ether oxygens (including phenoxy) is 1. The number of unbranched alkanes of at least 4 members (excludes halogenated alkanes) is 14. The third kappa shape index (κ3) is 15.5. The van der Waals surface area contributed by atoms with Crippen molar-refractivity contribution in [2.45, 2.75) is 149 Å². The predicted octanol–water partition coefficient (Wildman–Crippen LogP) is 10.9. The Morgan fingerprint density at radius 1 is 0.727 bits per heavy atom. The van der Waals surface area contributed by atoms with E-state index in [0.29, 0.717) is 5.57 Å². The molecule has 0 rings (SSSR count). The molecule has 0 N–H and O–H groups in total. The summed E-state index contributed by atoms with van der Waals surface area (Å²) >= 11 is 7.75. The van der Waals surface area contributed by atoms with Gasteiger partial charge in [-0.2, -0.15) is 0 Å². The summed E-state index contributed by atoms with van der Waals surface area (Å²) in [5.74, 6) is -3.09. The average molecular weight is 505 g/mol. The van der Waals surface area contributed by atoms with Gasteiger partial charge < -0.3 is 0 Å². The van der Waals surface area contributed by atoms with E-state index in [0.717, 1.165) is 38.0 Å². The molecule has 0 heterocycles. The van der Waals surface area contributed by atoms with Crippen LogP contribution in [0, 0.1) is 0 Å². The van der Waals surface area contributed by atoms with Gasteiger partial charge in [-0.25, -0.2) is 0 Å². The standard InChI is InChI=1S/C29H58ClO2P/c1-7-10-13-16-19-22-25-33(6,30,26-23-20-17-14-11-8-2)28(32-29(31)27(4)5)24-21-18-15-12-9-3/h28H,4,7-26H2,1-3,5-6H3. The summed E-state index contributed by atoms with van der Waals surface area (Å²) in [6.45, 7) is 14.7. The van der Waals surface area contributed by atoms with Gasteiger partial charge in [0.15, 0.2) is 0 Å². The summed E-state index contributed by atoms with van der Waals surface area (Å²) in [6.07, 6.45) is 24.3. The van der Waals surface area contributed by atoms with Gasteiger partial charge in [0.05, 0.1) is 0 Å². The number of carbonyl (C=O) groups is 1. The number of esters is 1. The van der Waals surface area contributed by atoms with Crippen molar-refractivity contribution in [2.24, 2.45) is 0 Å². The molecule has 0 aromatic carbocycles. The molecule has 0 saturated heterocycles. The first-order chi connectivity index (χ1) is 15.7. The van der Waals surface area contributed by atoms with Crippen LogP contribution < -0.4 is 0 Å². The Bertz CT molecular complexity index is 498. The van der Waals surface area contributed by atoms with E-state index in [2.05, 4.69) is 34.0 Å². The predicted molar refractivity (Wildman–Crippen MR) is 153 cm³/mol. The molecule has 0 aromatic heterocycles. The van der Waals surface area contributed by atoms with Crippen LogP contribution >= 0.6 is 17.2 Å². The molecule has 1 unspecified atom stereocenters. The van der Waals surface area contributed by atoms with Crippen molar-refractivity contribution in [1.29, 1.82) is 0 Å². The van der Waals surface area contributed by atoms with Gasteiger partial charge >= 0.3 is 213 Å². The Balaban J connectivity index is 5.32. The van der Waals surface area contributed by atoms with E-state index < -0.39 is 5.96 Å². The first-order valence-electron chi connectivity index (χ1n) is 14.3. The molecule has 198 valence electrons. The van der Waals surface area contributed by atoms with Crippen LogP contribution in [0.1, 0.15) is 143 Å². The molecule has 2 nitrogen and oxygen atoms in total. The molecule has 0 radical (unpaired) electrons. The molecule has 0 aliphatic rings. The van der Waals surface area contributed by atoms with E-state index in [9.17, 15) is 4.79 Å². The molecule has 0 aliphatic carbocycles. The summed E-state index contributed by atoms with van der Waals surface area (Å²) in [5, 5.41) is 0. The number of halogens is 1. The first kappa shape index (κ1) is 32.9. The van der Waals surface area contributed by atoms with E-state index in [1.54, 1.807) is 6.92 Å². The first-order valence-corrected chi connectivity index (χ1v) is 18.3. The maximum absolute atomic E-state index is 12.6. The van der Waals surface area contributed by atoms with Crippen LogP contribution in [0.3, 0.4) is 0 Å². The van der Waals surface area contributed by atoms with Gasteiger partial charge in [0.2, 0.25) is 0 Å². The van der Waals surface area contributed by atoms with Crippen LogP contribution in [-0.2, 0) is 9.53 Å². The van der Waals surface area contributed by atoms with Gasteiger partial charge in [-0.15, -0.1) is 0 Å². The van der Waals surface area contributed by atoms with Crippen molar-refractivity contribution in [2.75, 3.05) is 19.0 Å². The molecule has 0 fully saturated rings. The van der Waals surface area contributed by atoms with Gasteiger partial charge in [0, 0.05) is 0 Å². The fraction of sp³-hybridized carbons (Fsp3) is 0.897. The molecule has 0 spiro atoms. The van der Waals surface area contributed by atoms with Gasteiger partial charge in [0.25, 0.3) is 0 Å². The Kier molecular flexibility index (Phi) is 19.1. The van der Waals surface area contributed by atoms with Crippen molar-refractivity contribution >= 4 is 23.2 Å². The minimum absolute atomic E-state index is 0.130. The Morgan fingerprint density at radius 2 is 1.09 bits per heavy atom. The summed E-state index contributed by atoms with van der Waals surface area (Å²) < 4.78 is 6.17. The second-order valence-corrected chi connectivity index (χ2v) is 19.3. The van der Waals surface area contributed by atoms with Crippen molar-refractivity contribution in [3.05, 3.63) is 12.2 Å². The van der Waals surface area contributed by atoms with E-state index in [1.807, 2.05) is 0 Å². The zero-order valence-corrected chi connectivity index (χ0v) is 24.7. The topological polar surface area (TPSA) is 26.3 Å². The van der Waals surface area contributed by atoms with Crippen molar-refractivity contribution < 1.29 is 9.53 Å². The van der Waals surface area contributed by atoms with E-state index in [4.69, 9.17) is 16.0 Å². The van der Waals surface area contributed by atoms with Crippen molar-refractivity contribution in [3.63, 3.8) is 0 Å². The SMILES string of the molecule is C=C(C)C(=O)OC(CCCCCCC)P(C)(Cl)(CCCCCCCC)CCCCCCCC. The Morgan fingerprint density at radius 3 is 1.48 bits per heavy atom. The molecule has 0 saturated carbocycles. The molecular formula is C29H58ClO2P. The van der Waals surface area contributed by atoms with Crippen LogP contribution in [0.4, 0.5) is 0 Å². The van der Waals surface area contributed by atoms with Crippen LogP contribution in [0.5, 0.6) is 0 Å². The van der Waals surface area contributed by atoms with Gasteiger partial charge in [0.1, 0.15) is 0 Å². The second kappa shape index (κ2) is 19.2. The third-order valence-electron chi connectivity index (χ3n) is 7.16. The van der Waals surface area contributed by atoms with Gasteiger partial charge in [-0.3, -0.25) is 0 Å². The summed E-state index contributed by atoms with van der Waals surface area (Å²) in [4.78, 5) is 12.6. The summed E-state index contributed by atoms with van der Waals surface area (Å²) in [5.41, 5.74) is 0.486. The molecule has 0 bridgehead atoms. The Labute approximate surface area is 212 Å². The fourth-order valence-corrected chi connectivity index (χ4v) is 10.1. The number of rotatable bonds is 23. The second-order valence-electron chi connectivity index (χ2n) is 10.8. The molecule has 33 heavy (non-hydrogen) atoms. The maximum atomic E-state index is 12.6. The normalized spacial score (nSPS) is 13.9. The number of hydrogen-bond acceptors (Lipinski definition) is 2. The molecule has 0 amide bonds. The molecule has 0 aromatic rings. The summed E-state index contributed by atoms with van der Waals surface area (Å²) in [6, 6.07) is 0. The van der Waals surface area contributed by atoms with Crippen LogP contribution in [0.25, 0.3) is 0 Å². The third-order valence-corrected chi connectivity index (χ3v) is 13.8. The number of carbonyl (C=O) groups excluding carboxylic acids is 1. The molecular weight excluding hydrogens is 447 g/mol. The van der Waals surface area contributed by atoms with E-state index >= 15 is 0 Å². The van der Waals surface area contributed by atoms with Gasteiger partial charge in [-0.1, -0.05) is 0 Å². The van der Waals surface area contributed by atoms with Crippen molar-refractivity contribution in [3.8, 4) is 0 Å². The number of hydrogen-bond donors (Lipinski definition) is 0. The van der Waals surface area contributed by atoms with Crippen LogP contribution in [0.15, 0.2) is 12.2 Å². The van der Waals surface area contributed by atoms with E-state index in [1.165, 1.54) is 89.9 Å². The summed E-state index contributed by atoms with van der Waals surface area (Å²) in [7, 11) is 0. The van der Waals surface area contributed by atoms with Crippen molar-refractivity contribution in [1.82, 2.24) is 0 Å². The zero-order chi connectivity index (χ0) is 25.0. The van der Waals surface area contributed by atoms with Gasteiger partial charge in [-0.05, 0) is 0 Å². The molecule has 4 heteroatoms. The minimum atomic E-state index is -2.70. The Hall–Kier alpha value is -0.0700. The molecule has 1 atom stereocenters.